The van der Waals surface area contributed by atoms with Crippen molar-refractivity contribution >= 4 is 23.8 Å². The summed E-state index contributed by atoms with van der Waals surface area (Å²) in [5.74, 6) is 0.0142. The molecule has 0 spiro atoms. The number of carbonyl (C=O) groups excluding carboxylic acids is 1. The molecule has 1 aliphatic heterocycles. The van der Waals surface area contributed by atoms with Crippen molar-refractivity contribution < 1.29 is 14.7 Å². The number of thioether (sulfide) groups is 1. The van der Waals surface area contributed by atoms with Crippen LogP contribution < -0.4 is 0 Å². The number of amides is 2. The summed E-state index contributed by atoms with van der Waals surface area (Å²) in [6.45, 7) is 4.74. The third-order valence-corrected chi connectivity index (χ3v) is 5.78. The highest BCUT2D eigenvalue weighted by Crippen LogP contribution is 2.28. The van der Waals surface area contributed by atoms with E-state index in [2.05, 4.69) is 13.8 Å². The zero-order valence-electron chi connectivity index (χ0n) is 12.2. The monoisotopic (exact) mass is 300 g/mol. The molecule has 5 nitrogen and oxygen atoms in total. The molecule has 2 fully saturated rings. The summed E-state index contributed by atoms with van der Waals surface area (Å²) < 4.78 is 0. The standard InChI is InChI=1S/C14H24N2O3S/c1-10-11(2)20-8-7-15(10)14(19)16(9-13(17)18)12-5-3-4-6-12/h10-12H,3-9H2,1-2H3,(H,17,18). The first-order valence-corrected chi connectivity index (χ1v) is 8.46. The topological polar surface area (TPSA) is 60.9 Å². The average Bonchev–Trinajstić information content (AvgIpc) is 2.92. The van der Waals surface area contributed by atoms with E-state index in [1.807, 2.05) is 16.7 Å². The molecule has 1 aliphatic carbocycles. The van der Waals surface area contributed by atoms with Gasteiger partial charge in [-0.25, -0.2) is 4.79 Å². The molecule has 2 rings (SSSR count). The quantitative estimate of drug-likeness (QED) is 0.868. The summed E-state index contributed by atoms with van der Waals surface area (Å²) in [6, 6.07) is 0.189. The highest BCUT2D eigenvalue weighted by atomic mass is 32.2. The number of urea groups is 1. The van der Waals surface area contributed by atoms with Crippen LogP contribution in [0.15, 0.2) is 0 Å². The Labute approximate surface area is 124 Å². The molecule has 2 amide bonds. The van der Waals surface area contributed by atoms with Crippen LogP contribution in [0.25, 0.3) is 0 Å². The number of carboxylic acids is 1. The Bertz CT molecular complexity index is 371. The van der Waals surface area contributed by atoms with Crippen molar-refractivity contribution in [2.24, 2.45) is 0 Å². The summed E-state index contributed by atoms with van der Waals surface area (Å²) in [5.41, 5.74) is 0. The molecule has 0 radical (unpaired) electrons. The largest absolute Gasteiger partial charge is 0.480 e. The van der Waals surface area contributed by atoms with Crippen LogP contribution >= 0.6 is 11.8 Å². The molecule has 0 aromatic carbocycles. The maximum Gasteiger partial charge on any atom is 0.323 e. The van der Waals surface area contributed by atoms with Crippen LogP contribution in [0.5, 0.6) is 0 Å². The van der Waals surface area contributed by atoms with Gasteiger partial charge < -0.3 is 14.9 Å². The van der Waals surface area contributed by atoms with Crippen LogP contribution in [0.4, 0.5) is 4.79 Å². The number of carboxylic acid groups (broad SMARTS) is 1. The van der Waals surface area contributed by atoms with Crippen LogP contribution in [0.2, 0.25) is 0 Å². The Kier molecular flexibility index (Phi) is 5.18. The number of hydrogen-bond acceptors (Lipinski definition) is 3. The summed E-state index contributed by atoms with van der Waals surface area (Å²) in [5, 5.41) is 9.50. The fourth-order valence-corrected chi connectivity index (χ4v) is 4.18. The van der Waals surface area contributed by atoms with Gasteiger partial charge in [-0.05, 0) is 19.8 Å². The van der Waals surface area contributed by atoms with Gasteiger partial charge >= 0.3 is 12.0 Å². The van der Waals surface area contributed by atoms with Gasteiger partial charge in [0.1, 0.15) is 6.54 Å². The molecule has 1 saturated heterocycles. The fourth-order valence-electron chi connectivity index (χ4n) is 3.08. The lowest BCUT2D eigenvalue weighted by Gasteiger charge is -2.41. The minimum atomic E-state index is -0.919. The van der Waals surface area contributed by atoms with Crippen molar-refractivity contribution in [2.75, 3.05) is 18.8 Å². The average molecular weight is 300 g/mol. The van der Waals surface area contributed by atoms with Gasteiger partial charge in [-0.15, -0.1) is 0 Å². The number of rotatable bonds is 3. The van der Waals surface area contributed by atoms with E-state index in [-0.39, 0.29) is 24.7 Å². The summed E-state index contributed by atoms with van der Waals surface area (Å²) in [4.78, 5) is 27.3. The van der Waals surface area contributed by atoms with Crippen LogP contribution in [0, 0.1) is 0 Å². The molecule has 6 heteroatoms. The summed E-state index contributed by atoms with van der Waals surface area (Å²) >= 11 is 1.88. The van der Waals surface area contributed by atoms with E-state index >= 15 is 0 Å². The van der Waals surface area contributed by atoms with Crippen LogP contribution in [-0.2, 0) is 4.79 Å². The maximum absolute atomic E-state index is 12.8. The van der Waals surface area contributed by atoms with Crippen molar-refractivity contribution in [3.05, 3.63) is 0 Å². The molecular formula is C14H24N2O3S. The summed E-state index contributed by atoms with van der Waals surface area (Å²) in [7, 11) is 0. The number of hydrogen-bond donors (Lipinski definition) is 1. The molecule has 2 aliphatic rings. The maximum atomic E-state index is 12.8. The molecule has 1 saturated carbocycles. The Morgan fingerprint density at radius 2 is 1.95 bits per heavy atom. The third-order valence-electron chi connectivity index (χ3n) is 4.45. The van der Waals surface area contributed by atoms with Crippen molar-refractivity contribution in [3.63, 3.8) is 0 Å². The first kappa shape index (κ1) is 15.5. The molecule has 114 valence electrons. The van der Waals surface area contributed by atoms with Crippen LogP contribution in [0.3, 0.4) is 0 Å². The second-order valence-corrected chi connectivity index (χ2v) is 7.24. The van der Waals surface area contributed by atoms with E-state index < -0.39 is 5.97 Å². The zero-order chi connectivity index (χ0) is 14.7. The van der Waals surface area contributed by atoms with Crippen molar-refractivity contribution in [1.82, 2.24) is 9.80 Å². The van der Waals surface area contributed by atoms with Crippen LogP contribution in [0.1, 0.15) is 39.5 Å². The lowest BCUT2D eigenvalue weighted by atomic mass is 10.2. The van der Waals surface area contributed by atoms with Crippen molar-refractivity contribution in [3.8, 4) is 0 Å². The molecule has 2 atom stereocenters. The molecule has 2 unspecified atom stereocenters. The van der Waals surface area contributed by atoms with Gasteiger partial charge in [0.25, 0.3) is 0 Å². The predicted octanol–water partition coefficient (Wildman–Crippen LogP) is 2.26. The minimum absolute atomic E-state index is 0.0843. The second-order valence-electron chi connectivity index (χ2n) is 5.75. The predicted molar refractivity (Wildman–Crippen MR) is 80.1 cm³/mol. The molecule has 0 bridgehead atoms. The van der Waals surface area contributed by atoms with Gasteiger partial charge in [0, 0.05) is 29.6 Å². The van der Waals surface area contributed by atoms with Crippen molar-refractivity contribution in [1.29, 1.82) is 0 Å². The molecule has 0 aromatic rings. The van der Waals surface area contributed by atoms with E-state index in [1.165, 1.54) is 0 Å². The molecular weight excluding hydrogens is 276 g/mol. The Balaban J connectivity index is 2.10. The Morgan fingerprint density at radius 1 is 1.30 bits per heavy atom. The molecule has 1 heterocycles. The fraction of sp³-hybridized carbons (Fsp3) is 0.857. The third kappa shape index (κ3) is 3.40. The highest BCUT2D eigenvalue weighted by molar-refractivity contribution is 8.00. The van der Waals surface area contributed by atoms with E-state index in [4.69, 9.17) is 5.11 Å². The smallest absolute Gasteiger partial charge is 0.323 e. The van der Waals surface area contributed by atoms with E-state index in [9.17, 15) is 9.59 Å². The molecule has 1 N–H and O–H groups in total. The van der Waals surface area contributed by atoms with Gasteiger partial charge in [0.05, 0.1) is 0 Å². The van der Waals surface area contributed by atoms with E-state index in [0.717, 1.165) is 38.0 Å². The molecule has 0 aromatic heterocycles. The number of aliphatic carboxylic acids is 1. The van der Waals surface area contributed by atoms with Gasteiger partial charge in [0.2, 0.25) is 0 Å². The van der Waals surface area contributed by atoms with Crippen LogP contribution in [-0.4, -0.2) is 63.1 Å². The first-order chi connectivity index (χ1) is 9.50. The molecule has 20 heavy (non-hydrogen) atoms. The van der Waals surface area contributed by atoms with Gasteiger partial charge in [-0.2, -0.15) is 11.8 Å². The van der Waals surface area contributed by atoms with Gasteiger partial charge in [0.15, 0.2) is 0 Å². The first-order valence-electron chi connectivity index (χ1n) is 7.41. The van der Waals surface area contributed by atoms with Gasteiger partial charge in [-0.3, -0.25) is 4.79 Å². The lowest BCUT2D eigenvalue weighted by molar-refractivity contribution is -0.138. The van der Waals surface area contributed by atoms with E-state index in [1.54, 1.807) is 4.90 Å². The second kappa shape index (κ2) is 6.70. The van der Waals surface area contributed by atoms with Crippen molar-refractivity contribution in [2.45, 2.75) is 56.9 Å². The van der Waals surface area contributed by atoms with Gasteiger partial charge in [-0.1, -0.05) is 19.8 Å². The number of nitrogens with zero attached hydrogens (tertiary/aromatic N) is 2. The Morgan fingerprint density at radius 3 is 2.55 bits per heavy atom. The lowest BCUT2D eigenvalue weighted by Crippen LogP contribution is -2.56. The zero-order valence-corrected chi connectivity index (χ0v) is 13.1. The number of carbonyl (C=O) groups is 2. The Hall–Kier alpha value is -0.910. The highest BCUT2D eigenvalue weighted by Gasteiger charge is 2.36. The van der Waals surface area contributed by atoms with E-state index in [0.29, 0.717) is 5.25 Å². The summed E-state index contributed by atoms with van der Waals surface area (Å²) in [6.07, 6.45) is 4.06. The normalized spacial score (nSPS) is 27.6. The minimum Gasteiger partial charge on any atom is -0.480 e. The SMILES string of the molecule is CC1SCCN(C(=O)N(CC(=O)O)C2CCCC2)C1C.